The molecule has 4 aliphatic rings. The number of aryl methyl sites for hydroxylation is 2. The maximum absolute atomic E-state index is 14.2. The van der Waals surface area contributed by atoms with Crippen molar-refractivity contribution in [2.45, 2.75) is 44.7 Å². The van der Waals surface area contributed by atoms with E-state index in [1.807, 2.05) is 25.1 Å². The van der Waals surface area contributed by atoms with Crippen molar-refractivity contribution in [2.24, 2.45) is 11.8 Å². The van der Waals surface area contributed by atoms with Gasteiger partial charge in [0.05, 0.1) is 30.3 Å². The summed E-state index contributed by atoms with van der Waals surface area (Å²) in [5, 5.41) is 23.7. The first-order valence-corrected chi connectivity index (χ1v) is 12.2. The summed E-state index contributed by atoms with van der Waals surface area (Å²) in [6.07, 6.45) is 2.34. The molecule has 4 atom stereocenters. The van der Waals surface area contributed by atoms with E-state index in [1.165, 1.54) is 19.2 Å². The number of anilines is 3. The molecule has 6 rings (SSSR count). The number of carbonyl (C=O) groups excluding carboxylic acids is 3. The van der Waals surface area contributed by atoms with Crippen LogP contribution in [0.3, 0.4) is 0 Å². The van der Waals surface area contributed by atoms with Gasteiger partial charge in [0.1, 0.15) is 11.3 Å². The van der Waals surface area contributed by atoms with Gasteiger partial charge in [0.15, 0.2) is 0 Å². The summed E-state index contributed by atoms with van der Waals surface area (Å²) < 4.78 is 5.25. The Morgan fingerprint density at radius 1 is 1.22 bits per heavy atom. The number of nitrogens with zero attached hydrogens (tertiary/aromatic N) is 3. The Morgan fingerprint density at radius 2 is 2.00 bits per heavy atom. The molecule has 3 saturated heterocycles. The zero-order valence-electron chi connectivity index (χ0n) is 20.3. The molecule has 188 valence electrons. The van der Waals surface area contributed by atoms with E-state index >= 15 is 0 Å². The molecule has 10 heteroatoms. The van der Waals surface area contributed by atoms with E-state index in [2.05, 4.69) is 10.2 Å². The minimum atomic E-state index is -1.25. The number of ether oxygens (including phenoxy) is 1. The molecular weight excluding hydrogens is 464 g/mol. The molecule has 3 fully saturated rings. The molecule has 0 aliphatic carbocycles. The van der Waals surface area contributed by atoms with Gasteiger partial charge in [-0.3, -0.25) is 24.5 Å². The van der Waals surface area contributed by atoms with E-state index in [0.717, 1.165) is 35.3 Å². The third kappa shape index (κ3) is 2.69. The number of hydrogen-bond donors (Lipinski definition) is 2. The predicted octanol–water partition coefficient (Wildman–Crippen LogP) is 2.69. The highest BCUT2D eigenvalue weighted by Crippen LogP contribution is 2.61. The summed E-state index contributed by atoms with van der Waals surface area (Å²) in [5.74, 6) is -2.57. The monoisotopic (exact) mass is 491 g/mol. The van der Waals surface area contributed by atoms with E-state index in [4.69, 9.17) is 4.74 Å². The standard InChI is InChI=1S/C26H27N4O6/c1-4-14-7-8-16-15(11-14)26(25(33)27-16)22-21(17-6-5-9-28(17)26)23(31)29(24(22)32)18-12-20(36-3)19(30(34)35)10-13(18)2/h7-8,10-12,17,21-22,34H,4-6,9H2,1-3H3,(H,27,33)/q-1/t17-,21+,22-,26+/m0/s1. The van der Waals surface area contributed by atoms with E-state index in [-0.39, 0.29) is 40.2 Å². The SMILES string of the molecule is CCc1ccc2c(c1)[C@]1(C(=O)N2)[C@@H]2C(=O)N(c3cc(OC)c(N([O-])O)cc3C)C(=O)[C@@H]2[C@@H]2CCCN21. The summed E-state index contributed by atoms with van der Waals surface area (Å²) >= 11 is 0. The number of fused-ring (bicyclic) bond motifs is 7. The maximum Gasteiger partial charge on any atom is 0.250 e. The normalized spacial score (nSPS) is 28.5. The van der Waals surface area contributed by atoms with Gasteiger partial charge in [-0.1, -0.05) is 19.1 Å². The van der Waals surface area contributed by atoms with Gasteiger partial charge in [-0.05, 0) is 56.0 Å². The zero-order chi connectivity index (χ0) is 25.5. The average Bonchev–Trinajstić information content (AvgIpc) is 3.57. The van der Waals surface area contributed by atoms with Crippen LogP contribution in [0.5, 0.6) is 5.75 Å². The minimum absolute atomic E-state index is 0.0273. The summed E-state index contributed by atoms with van der Waals surface area (Å²) in [5.41, 5.74) is 1.85. The highest BCUT2D eigenvalue weighted by Gasteiger charge is 2.74. The Hall–Kier alpha value is -3.47. The lowest BCUT2D eigenvalue weighted by Gasteiger charge is -2.37. The molecular formula is C26H27N4O6-. The predicted molar refractivity (Wildman–Crippen MR) is 131 cm³/mol. The van der Waals surface area contributed by atoms with E-state index in [1.54, 1.807) is 6.92 Å². The van der Waals surface area contributed by atoms with Crippen LogP contribution in [0.1, 0.15) is 36.5 Å². The molecule has 0 aromatic heterocycles. The van der Waals surface area contributed by atoms with Gasteiger partial charge in [0, 0.05) is 23.4 Å². The molecule has 0 bridgehead atoms. The van der Waals surface area contributed by atoms with Crippen LogP contribution in [0.25, 0.3) is 0 Å². The number of imide groups is 1. The van der Waals surface area contributed by atoms with Crippen molar-refractivity contribution in [3.63, 3.8) is 0 Å². The minimum Gasteiger partial charge on any atom is -0.733 e. The van der Waals surface area contributed by atoms with Gasteiger partial charge in [0.25, 0.3) is 0 Å². The molecule has 2 N–H and O–H groups in total. The molecule has 36 heavy (non-hydrogen) atoms. The average molecular weight is 492 g/mol. The third-order valence-corrected chi connectivity index (χ3v) is 8.41. The van der Waals surface area contributed by atoms with Crippen LogP contribution < -0.4 is 20.2 Å². The third-order valence-electron chi connectivity index (χ3n) is 8.41. The molecule has 3 amide bonds. The summed E-state index contributed by atoms with van der Waals surface area (Å²) in [7, 11) is 1.33. The van der Waals surface area contributed by atoms with Crippen molar-refractivity contribution >= 4 is 34.8 Å². The quantitative estimate of drug-likeness (QED) is 0.494. The second-order valence-corrected chi connectivity index (χ2v) is 9.96. The van der Waals surface area contributed by atoms with Crippen LogP contribution in [0.4, 0.5) is 17.1 Å². The fraction of sp³-hybridized carbons (Fsp3) is 0.423. The summed E-state index contributed by atoms with van der Waals surface area (Å²) in [6.45, 7) is 4.33. The second-order valence-electron chi connectivity index (χ2n) is 9.96. The molecule has 0 saturated carbocycles. The maximum atomic E-state index is 14.2. The number of nitrogens with one attached hydrogen (secondary N) is 1. The van der Waals surface area contributed by atoms with Crippen molar-refractivity contribution in [1.82, 2.24) is 4.90 Å². The first-order valence-electron chi connectivity index (χ1n) is 12.2. The molecule has 0 unspecified atom stereocenters. The number of carbonyl (C=O) groups is 3. The number of hydrogen-bond acceptors (Lipinski definition) is 8. The first-order chi connectivity index (χ1) is 17.2. The van der Waals surface area contributed by atoms with Crippen LogP contribution in [-0.2, 0) is 26.3 Å². The van der Waals surface area contributed by atoms with Gasteiger partial charge in [-0.25, -0.2) is 4.90 Å². The van der Waals surface area contributed by atoms with Crippen molar-refractivity contribution in [1.29, 1.82) is 0 Å². The van der Waals surface area contributed by atoms with E-state index in [0.29, 0.717) is 17.8 Å². The number of benzene rings is 2. The van der Waals surface area contributed by atoms with Gasteiger partial charge < -0.3 is 20.5 Å². The van der Waals surface area contributed by atoms with Crippen LogP contribution >= 0.6 is 0 Å². The fourth-order valence-electron chi connectivity index (χ4n) is 6.92. The Labute approximate surface area is 207 Å². The van der Waals surface area contributed by atoms with E-state index < -0.39 is 23.3 Å². The highest BCUT2D eigenvalue weighted by molar-refractivity contribution is 6.26. The Balaban J connectivity index is 1.53. The zero-order valence-corrected chi connectivity index (χ0v) is 20.3. The van der Waals surface area contributed by atoms with E-state index in [9.17, 15) is 24.8 Å². The number of rotatable bonds is 4. The van der Waals surface area contributed by atoms with Crippen molar-refractivity contribution in [3.8, 4) is 5.75 Å². The molecule has 1 spiro atoms. The highest BCUT2D eigenvalue weighted by atomic mass is 16.8. The van der Waals surface area contributed by atoms with Crippen LogP contribution in [0.2, 0.25) is 0 Å². The van der Waals surface area contributed by atoms with Crippen molar-refractivity contribution in [3.05, 3.63) is 52.2 Å². The topological polar surface area (TPSA) is 125 Å². The van der Waals surface area contributed by atoms with Crippen LogP contribution in [0, 0.1) is 24.0 Å². The lowest BCUT2D eigenvalue weighted by atomic mass is 9.75. The smallest absolute Gasteiger partial charge is 0.250 e. The molecule has 0 radical (unpaired) electrons. The number of methoxy groups -OCH3 is 1. The van der Waals surface area contributed by atoms with Crippen LogP contribution in [-0.4, -0.2) is 47.5 Å². The second kappa shape index (κ2) is 7.76. The molecule has 4 aliphatic heterocycles. The first kappa shape index (κ1) is 23.0. The Morgan fingerprint density at radius 3 is 2.69 bits per heavy atom. The van der Waals surface area contributed by atoms with Crippen molar-refractivity contribution in [2.75, 3.05) is 29.1 Å². The molecule has 4 heterocycles. The lowest BCUT2D eigenvalue weighted by molar-refractivity contribution is -0.135. The van der Waals surface area contributed by atoms with Gasteiger partial charge in [0.2, 0.25) is 17.7 Å². The van der Waals surface area contributed by atoms with Crippen LogP contribution in [0.15, 0.2) is 30.3 Å². The van der Waals surface area contributed by atoms with Gasteiger partial charge >= 0.3 is 0 Å². The largest absolute Gasteiger partial charge is 0.733 e. The summed E-state index contributed by atoms with van der Waals surface area (Å²) in [6, 6.07) is 8.42. The lowest BCUT2D eigenvalue weighted by Crippen LogP contribution is -2.54. The molecule has 10 nitrogen and oxygen atoms in total. The van der Waals surface area contributed by atoms with Gasteiger partial charge in [-0.15, -0.1) is 0 Å². The Kier molecular flexibility index (Phi) is 4.95. The number of amides is 3. The molecule has 2 aromatic carbocycles. The van der Waals surface area contributed by atoms with Crippen molar-refractivity contribution < 1.29 is 24.3 Å². The summed E-state index contributed by atoms with van der Waals surface area (Å²) in [4.78, 5) is 45.2. The van der Waals surface area contributed by atoms with Gasteiger partial charge in [-0.2, -0.15) is 0 Å². The Bertz CT molecular complexity index is 1330. The fourth-order valence-corrected chi connectivity index (χ4v) is 6.92. The molecule has 2 aromatic rings.